The molecular formula is C24H29N3O3S. The van der Waals surface area contributed by atoms with E-state index in [4.69, 9.17) is 0 Å². The fourth-order valence-corrected chi connectivity index (χ4v) is 5.76. The van der Waals surface area contributed by atoms with Gasteiger partial charge in [-0.1, -0.05) is 37.6 Å². The lowest BCUT2D eigenvalue weighted by molar-refractivity contribution is 0.269. The Morgan fingerprint density at radius 1 is 1.06 bits per heavy atom. The fraction of sp³-hybridized carbons (Fsp3) is 0.417. The number of fused-ring (bicyclic) bond motifs is 1. The summed E-state index contributed by atoms with van der Waals surface area (Å²) in [7, 11) is -3.53. The van der Waals surface area contributed by atoms with Crippen LogP contribution in [0.15, 0.2) is 58.5 Å². The van der Waals surface area contributed by atoms with Gasteiger partial charge in [0.1, 0.15) is 0 Å². The number of piperidine rings is 1. The Hall–Kier alpha value is -2.51. The number of rotatable bonds is 5. The minimum absolute atomic E-state index is 0.0511. The van der Waals surface area contributed by atoms with E-state index in [2.05, 4.69) is 18.8 Å². The smallest absolute Gasteiger partial charge is 0.261 e. The third-order valence-corrected chi connectivity index (χ3v) is 7.87. The molecule has 0 bridgehead atoms. The van der Waals surface area contributed by atoms with Gasteiger partial charge in [-0.2, -0.15) is 4.31 Å². The van der Waals surface area contributed by atoms with Gasteiger partial charge < -0.3 is 0 Å². The molecule has 6 nitrogen and oxygen atoms in total. The summed E-state index contributed by atoms with van der Waals surface area (Å²) >= 11 is 0. The van der Waals surface area contributed by atoms with E-state index in [9.17, 15) is 13.2 Å². The first-order valence-corrected chi connectivity index (χ1v) is 12.3. The molecule has 7 heteroatoms. The Kier molecular flexibility index (Phi) is 5.99. The maximum atomic E-state index is 13.1. The zero-order valence-electron chi connectivity index (χ0n) is 18.3. The minimum Gasteiger partial charge on any atom is -0.296 e. The highest BCUT2D eigenvalue weighted by Crippen LogP contribution is 2.27. The van der Waals surface area contributed by atoms with Gasteiger partial charge in [0.2, 0.25) is 10.0 Å². The van der Waals surface area contributed by atoms with Gasteiger partial charge in [0.15, 0.2) is 0 Å². The summed E-state index contributed by atoms with van der Waals surface area (Å²) in [4.78, 5) is 17.7. The Bertz CT molecular complexity index is 1240. The van der Waals surface area contributed by atoms with Crippen LogP contribution in [0.5, 0.6) is 0 Å². The largest absolute Gasteiger partial charge is 0.296 e. The van der Waals surface area contributed by atoms with Gasteiger partial charge in [-0.05, 0) is 61.9 Å². The first kappa shape index (κ1) is 21.7. The van der Waals surface area contributed by atoms with E-state index in [0.29, 0.717) is 47.6 Å². The highest BCUT2D eigenvalue weighted by atomic mass is 32.2. The molecule has 0 aliphatic carbocycles. The maximum Gasteiger partial charge on any atom is 0.261 e. The third-order valence-electron chi connectivity index (χ3n) is 5.96. The summed E-state index contributed by atoms with van der Waals surface area (Å²) < 4.78 is 29.4. The van der Waals surface area contributed by atoms with Crippen LogP contribution in [0.25, 0.3) is 10.9 Å². The van der Waals surface area contributed by atoms with E-state index in [0.717, 1.165) is 17.5 Å². The SMILES string of the molecule is Cc1ccc2ncn(C3CCN(S(=O)(=O)c4ccc(CC(C)C)cc4)CC3)c(=O)c2c1. The second-order valence-electron chi connectivity index (χ2n) is 8.85. The van der Waals surface area contributed by atoms with Crippen LogP contribution in [-0.2, 0) is 16.4 Å². The summed E-state index contributed by atoms with van der Waals surface area (Å²) in [5.74, 6) is 0.526. The lowest BCUT2D eigenvalue weighted by Gasteiger charge is -2.32. The molecule has 1 aliphatic heterocycles. The van der Waals surface area contributed by atoms with Gasteiger partial charge in [-0.15, -0.1) is 0 Å². The standard InChI is InChI=1S/C24H29N3O3S/c1-17(2)14-19-5-7-21(8-6-19)31(29,30)26-12-10-20(11-13-26)27-16-25-23-9-4-18(3)15-22(23)24(27)28/h4-9,15-17,20H,10-14H2,1-3H3. The van der Waals surface area contributed by atoms with Crippen molar-refractivity contribution in [2.45, 2.75) is 51.0 Å². The summed E-state index contributed by atoms with van der Waals surface area (Å²) in [6.07, 6.45) is 3.70. The number of aryl methyl sites for hydroxylation is 1. The van der Waals surface area contributed by atoms with E-state index in [1.165, 1.54) is 4.31 Å². The highest BCUT2D eigenvalue weighted by molar-refractivity contribution is 7.89. The molecule has 1 aromatic heterocycles. The quantitative estimate of drug-likeness (QED) is 0.604. The predicted molar refractivity (Wildman–Crippen MR) is 123 cm³/mol. The van der Waals surface area contributed by atoms with Crippen LogP contribution in [0.4, 0.5) is 0 Å². The second-order valence-corrected chi connectivity index (χ2v) is 10.8. The zero-order valence-corrected chi connectivity index (χ0v) is 19.1. The Labute approximate surface area is 183 Å². The van der Waals surface area contributed by atoms with Gasteiger partial charge in [0.05, 0.1) is 22.1 Å². The van der Waals surface area contributed by atoms with E-state index < -0.39 is 10.0 Å². The van der Waals surface area contributed by atoms with Crippen molar-refractivity contribution in [2.24, 2.45) is 5.92 Å². The minimum atomic E-state index is -3.53. The van der Waals surface area contributed by atoms with Crippen molar-refractivity contribution >= 4 is 20.9 Å². The highest BCUT2D eigenvalue weighted by Gasteiger charge is 2.30. The third kappa shape index (κ3) is 4.43. The Morgan fingerprint density at radius 3 is 2.39 bits per heavy atom. The van der Waals surface area contributed by atoms with Gasteiger partial charge in [0.25, 0.3) is 5.56 Å². The van der Waals surface area contributed by atoms with Crippen molar-refractivity contribution < 1.29 is 8.42 Å². The van der Waals surface area contributed by atoms with Crippen LogP contribution in [-0.4, -0.2) is 35.4 Å². The van der Waals surface area contributed by atoms with Crippen LogP contribution in [0, 0.1) is 12.8 Å². The first-order valence-electron chi connectivity index (χ1n) is 10.8. The molecule has 2 heterocycles. The summed E-state index contributed by atoms with van der Waals surface area (Å²) in [5, 5.41) is 0.610. The molecule has 0 unspecified atom stereocenters. The molecule has 31 heavy (non-hydrogen) atoms. The molecule has 1 fully saturated rings. The van der Waals surface area contributed by atoms with Crippen LogP contribution >= 0.6 is 0 Å². The number of nitrogens with zero attached hydrogens (tertiary/aromatic N) is 3. The molecule has 2 aromatic carbocycles. The summed E-state index contributed by atoms with van der Waals surface area (Å²) in [5.41, 5.74) is 2.79. The fourth-order valence-electron chi connectivity index (χ4n) is 4.29. The number of aromatic nitrogens is 2. The normalized spacial score (nSPS) is 16.3. The van der Waals surface area contributed by atoms with Gasteiger partial charge in [0, 0.05) is 19.1 Å². The van der Waals surface area contributed by atoms with Crippen LogP contribution < -0.4 is 5.56 Å². The molecular weight excluding hydrogens is 410 g/mol. The number of sulfonamides is 1. The van der Waals surface area contributed by atoms with Crippen molar-refractivity contribution in [1.82, 2.24) is 13.9 Å². The molecule has 3 aromatic rings. The van der Waals surface area contributed by atoms with E-state index in [1.54, 1.807) is 23.0 Å². The van der Waals surface area contributed by atoms with Crippen molar-refractivity contribution in [2.75, 3.05) is 13.1 Å². The summed E-state index contributed by atoms with van der Waals surface area (Å²) in [6, 6.07) is 12.8. The topological polar surface area (TPSA) is 72.3 Å². The van der Waals surface area contributed by atoms with Crippen LogP contribution in [0.1, 0.15) is 43.9 Å². The Morgan fingerprint density at radius 2 is 1.74 bits per heavy atom. The molecule has 1 saturated heterocycles. The molecule has 0 radical (unpaired) electrons. The molecule has 0 atom stereocenters. The molecule has 4 rings (SSSR count). The zero-order chi connectivity index (χ0) is 22.2. The molecule has 0 amide bonds. The predicted octanol–water partition coefficient (Wildman–Crippen LogP) is 3.93. The van der Waals surface area contributed by atoms with Gasteiger partial charge >= 0.3 is 0 Å². The van der Waals surface area contributed by atoms with E-state index in [1.807, 2.05) is 37.3 Å². The molecule has 1 aliphatic rings. The molecule has 164 valence electrons. The molecule has 0 saturated carbocycles. The number of hydrogen-bond donors (Lipinski definition) is 0. The van der Waals surface area contributed by atoms with Crippen molar-refractivity contribution in [1.29, 1.82) is 0 Å². The molecule has 0 spiro atoms. The summed E-state index contributed by atoms with van der Waals surface area (Å²) in [6.45, 7) is 7.02. The van der Waals surface area contributed by atoms with Crippen molar-refractivity contribution in [3.8, 4) is 0 Å². The van der Waals surface area contributed by atoms with E-state index >= 15 is 0 Å². The lowest BCUT2D eigenvalue weighted by atomic mass is 10.0. The monoisotopic (exact) mass is 439 g/mol. The first-order chi connectivity index (χ1) is 14.8. The number of benzene rings is 2. The second kappa shape index (κ2) is 8.55. The van der Waals surface area contributed by atoms with E-state index in [-0.39, 0.29) is 11.6 Å². The lowest BCUT2D eigenvalue weighted by Crippen LogP contribution is -2.40. The van der Waals surface area contributed by atoms with Crippen LogP contribution in [0.3, 0.4) is 0 Å². The van der Waals surface area contributed by atoms with Crippen LogP contribution in [0.2, 0.25) is 0 Å². The average Bonchev–Trinajstić information content (AvgIpc) is 2.74. The Balaban J connectivity index is 1.50. The maximum absolute atomic E-state index is 13.1. The van der Waals surface area contributed by atoms with Gasteiger partial charge in [-0.3, -0.25) is 9.36 Å². The number of hydrogen-bond acceptors (Lipinski definition) is 4. The van der Waals surface area contributed by atoms with Crippen molar-refractivity contribution in [3.05, 3.63) is 70.3 Å². The average molecular weight is 440 g/mol. The molecule has 0 N–H and O–H groups in total. The van der Waals surface area contributed by atoms with Gasteiger partial charge in [-0.25, -0.2) is 13.4 Å². The van der Waals surface area contributed by atoms with Crippen molar-refractivity contribution in [3.63, 3.8) is 0 Å².